The molecule has 1 aromatic heterocycles. The number of hydrogen-bond donors (Lipinski definition) is 1. The highest BCUT2D eigenvalue weighted by Gasteiger charge is 2.03. The van der Waals surface area contributed by atoms with Gasteiger partial charge >= 0.3 is 0 Å². The molecular weight excluding hydrogens is 211 g/mol. The van der Waals surface area contributed by atoms with Gasteiger partial charge in [0.1, 0.15) is 10.8 Å². The number of nitrogens with one attached hydrogen (secondary N) is 1. The summed E-state index contributed by atoms with van der Waals surface area (Å²) in [5.41, 5.74) is 0.962. The molecule has 4 heteroatoms. The summed E-state index contributed by atoms with van der Waals surface area (Å²) < 4.78 is 12.7. The summed E-state index contributed by atoms with van der Waals surface area (Å²) >= 11 is 1.62. The Morgan fingerprint density at radius 2 is 2.07 bits per heavy atom. The number of benzene rings is 1. The number of thiazole rings is 1. The van der Waals surface area contributed by atoms with Gasteiger partial charge in [0.25, 0.3) is 0 Å². The van der Waals surface area contributed by atoms with E-state index in [1.54, 1.807) is 23.5 Å². The lowest BCUT2D eigenvalue weighted by atomic mass is 10.2. The standard InChI is InChI=1S/C11H11FN2S/c1-13-6-10-7-14-11(15-10)8-2-4-9(12)5-3-8/h2-5,7,13H,6H2,1H3. The first kappa shape index (κ1) is 10.3. The van der Waals surface area contributed by atoms with Crippen molar-refractivity contribution in [3.8, 4) is 10.6 Å². The molecule has 2 nitrogen and oxygen atoms in total. The van der Waals surface area contributed by atoms with Gasteiger partial charge in [0.2, 0.25) is 0 Å². The largest absolute Gasteiger partial charge is 0.315 e. The van der Waals surface area contributed by atoms with Crippen LogP contribution in [-0.2, 0) is 6.54 Å². The Kier molecular flexibility index (Phi) is 3.08. The van der Waals surface area contributed by atoms with Gasteiger partial charge in [0.15, 0.2) is 0 Å². The van der Waals surface area contributed by atoms with E-state index in [-0.39, 0.29) is 5.82 Å². The fraction of sp³-hybridized carbons (Fsp3) is 0.182. The zero-order valence-corrected chi connectivity index (χ0v) is 9.14. The van der Waals surface area contributed by atoms with Crippen LogP contribution in [0, 0.1) is 5.82 Å². The molecule has 0 aliphatic rings. The van der Waals surface area contributed by atoms with E-state index in [0.29, 0.717) is 0 Å². The predicted octanol–water partition coefficient (Wildman–Crippen LogP) is 2.67. The van der Waals surface area contributed by atoms with E-state index >= 15 is 0 Å². The van der Waals surface area contributed by atoms with Crippen LogP contribution in [0.1, 0.15) is 4.88 Å². The fourth-order valence-electron chi connectivity index (χ4n) is 1.29. The Bertz CT molecular complexity index is 436. The normalized spacial score (nSPS) is 10.5. The molecule has 0 spiro atoms. The molecule has 0 radical (unpaired) electrons. The second-order valence-electron chi connectivity index (χ2n) is 3.17. The molecule has 0 saturated carbocycles. The fourth-order valence-corrected chi connectivity index (χ4v) is 2.22. The third kappa shape index (κ3) is 2.40. The molecule has 2 aromatic rings. The van der Waals surface area contributed by atoms with Gasteiger partial charge in [0, 0.05) is 23.2 Å². The summed E-state index contributed by atoms with van der Waals surface area (Å²) in [5.74, 6) is -0.217. The molecule has 0 atom stereocenters. The van der Waals surface area contributed by atoms with E-state index in [0.717, 1.165) is 17.1 Å². The van der Waals surface area contributed by atoms with Crippen molar-refractivity contribution in [2.75, 3.05) is 7.05 Å². The summed E-state index contributed by atoms with van der Waals surface area (Å²) in [6, 6.07) is 6.40. The first-order valence-corrected chi connectivity index (χ1v) is 5.46. The van der Waals surface area contributed by atoms with Crippen molar-refractivity contribution in [2.24, 2.45) is 0 Å². The number of nitrogens with zero attached hydrogens (tertiary/aromatic N) is 1. The molecule has 0 amide bonds. The molecule has 1 N–H and O–H groups in total. The van der Waals surface area contributed by atoms with Gasteiger partial charge in [-0.1, -0.05) is 0 Å². The monoisotopic (exact) mass is 222 g/mol. The van der Waals surface area contributed by atoms with Gasteiger partial charge in [-0.15, -0.1) is 11.3 Å². The minimum Gasteiger partial charge on any atom is -0.315 e. The van der Waals surface area contributed by atoms with Crippen molar-refractivity contribution in [1.82, 2.24) is 10.3 Å². The number of aromatic nitrogens is 1. The maximum atomic E-state index is 12.7. The first-order valence-electron chi connectivity index (χ1n) is 4.65. The zero-order chi connectivity index (χ0) is 10.7. The SMILES string of the molecule is CNCc1cnc(-c2ccc(F)cc2)s1. The number of halogens is 1. The van der Waals surface area contributed by atoms with Gasteiger partial charge in [-0.2, -0.15) is 0 Å². The Hall–Kier alpha value is -1.26. The molecule has 0 bridgehead atoms. The molecule has 0 fully saturated rings. The average molecular weight is 222 g/mol. The van der Waals surface area contributed by atoms with Crippen molar-refractivity contribution in [2.45, 2.75) is 6.54 Å². The van der Waals surface area contributed by atoms with Crippen molar-refractivity contribution in [3.63, 3.8) is 0 Å². The molecule has 1 heterocycles. The maximum Gasteiger partial charge on any atom is 0.123 e. The minimum atomic E-state index is -0.217. The van der Waals surface area contributed by atoms with Gasteiger partial charge in [-0.25, -0.2) is 9.37 Å². The van der Waals surface area contributed by atoms with E-state index < -0.39 is 0 Å². The van der Waals surface area contributed by atoms with E-state index in [4.69, 9.17) is 0 Å². The summed E-state index contributed by atoms with van der Waals surface area (Å²) in [4.78, 5) is 5.47. The van der Waals surface area contributed by atoms with Crippen LogP contribution in [0.15, 0.2) is 30.5 Å². The van der Waals surface area contributed by atoms with Crippen LogP contribution in [-0.4, -0.2) is 12.0 Å². The summed E-state index contributed by atoms with van der Waals surface area (Å²) in [5, 5.41) is 4.00. The summed E-state index contributed by atoms with van der Waals surface area (Å²) in [6.07, 6.45) is 1.85. The highest BCUT2D eigenvalue weighted by atomic mass is 32.1. The van der Waals surface area contributed by atoms with E-state index in [9.17, 15) is 4.39 Å². The summed E-state index contributed by atoms with van der Waals surface area (Å²) in [6.45, 7) is 0.818. The Morgan fingerprint density at radius 1 is 1.33 bits per heavy atom. The lowest BCUT2D eigenvalue weighted by Crippen LogP contribution is -2.02. The third-order valence-corrected chi connectivity index (χ3v) is 3.04. The van der Waals surface area contributed by atoms with Crippen LogP contribution in [0.25, 0.3) is 10.6 Å². The Balaban J connectivity index is 2.25. The average Bonchev–Trinajstić information content (AvgIpc) is 2.68. The molecule has 0 saturated heterocycles. The van der Waals surface area contributed by atoms with Gasteiger partial charge in [-0.05, 0) is 31.3 Å². The van der Waals surface area contributed by atoms with Crippen LogP contribution < -0.4 is 5.32 Å². The maximum absolute atomic E-state index is 12.7. The van der Waals surface area contributed by atoms with Gasteiger partial charge in [-0.3, -0.25) is 0 Å². The molecule has 1 aromatic carbocycles. The van der Waals surface area contributed by atoms with Crippen molar-refractivity contribution in [1.29, 1.82) is 0 Å². The first-order chi connectivity index (χ1) is 7.29. The van der Waals surface area contributed by atoms with Crippen LogP contribution in [0.3, 0.4) is 0 Å². The Labute approximate surface area is 91.8 Å². The third-order valence-electron chi connectivity index (χ3n) is 2.00. The lowest BCUT2D eigenvalue weighted by molar-refractivity contribution is 0.628. The number of rotatable bonds is 3. The highest BCUT2D eigenvalue weighted by Crippen LogP contribution is 2.24. The molecular formula is C11H11FN2S. The minimum absolute atomic E-state index is 0.217. The molecule has 0 unspecified atom stereocenters. The van der Waals surface area contributed by atoms with E-state index in [1.165, 1.54) is 17.0 Å². The number of hydrogen-bond acceptors (Lipinski definition) is 3. The van der Waals surface area contributed by atoms with Gasteiger partial charge in [0.05, 0.1) is 0 Å². The van der Waals surface area contributed by atoms with Crippen LogP contribution in [0.2, 0.25) is 0 Å². The molecule has 2 rings (SSSR count). The van der Waals surface area contributed by atoms with E-state index in [1.807, 2.05) is 13.2 Å². The second-order valence-corrected chi connectivity index (χ2v) is 4.28. The van der Waals surface area contributed by atoms with Crippen LogP contribution in [0.5, 0.6) is 0 Å². The Morgan fingerprint density at radius 3 is 2.73 bits per heavy atom. The van der Waals surface area contributed by atoms with Crippen LogP contribution >= 0.6 is 11.3 Å². The molecule has 78 valence electrons. The topological polar surface area (TPSA) is 24.9 Å². The van der Waals surface area contributed by atoms with Crippen LogP contribution in [0.4, 0.5) is 4.39 Å². The quantitative estimate of drug-likeness (QED) is 0.863. The molecule has 15 heavy (non-hydrogen) atoms. The molecule has 0 aliphatic carbocycles. The lowest BCUT2D eigenvalue weighted by Gasteiger charge is -1.95. The second kappa shape index (κ2) is 4.51. The van der Waals surface area contributed by atoms with E-state index in [2.05, 4.69) is 10.3 Å². The van der Waals surface area contributed by atoms with Crippen molar-refractivity contribution in [3.05, 3.63) is 41.2 Å². The summed E-state index contributed by atoms with van der Waals surface area (Å²) in [7, 11) is 1.90. The molecule has 0 aliphatic heterocycles. The highest BCUT2D eigenvalue weighted by molar-refractivity contribution is 7.15. The zero-order valence-electron chi connectivity index (χ0n) is 8.33. The predicted molar refractivity (Wildman–Crippen MR) is 60.3 cm³/mol. The smallest absolute Gasteiger partial charge is 0.123 e. The van der Waals surface area contributed by atoms with Crippen molar-refractivity contribution >= 4 is 11.3 Å². The van der Waals surface area contributed by atoms with Crippen molar-refractivity contribution < 1.29 is 4.39 Å². The van der Waals surface area contributed by atoms with Gasteiger partial charge < -0.3 is 5.32 Å².